The van der Waals surface area contributed by atoms with Gasteiger partial charge in [0.05, 0.1) is 0 Å². The Morgan fingerprint density at radius 1 is 1.33 bits per heavy atom. The maximum Gasteiger partial charge on any atom is 0.150 e. The molecule has 2 nitrogen and oxygen atoms in total. The maximum absolute atomic E-state index is 10.9. The van der Waals surface area contributed by atoms with E-state index in [0.717, 1.165) is 5.39 Å². The average Bonchev–Trinajstić information content (AvgIpc) is 2.26. The molecule has 2 heteroatoms. The van der Waals surface area contributed by atoms with Crippen molar-refractivity contribution in [1.82, 2.24) is 0 Å². The fourth-order valence-electron chi connectivity index (χ4n) is 1.66. The van der Waals surface area contributed by atoms with Gasteiger partial charge < -0.3 is 5.11 Å². The van der Waals surface area contributed by atoms with Crippen molar-refractivity contribution >= 4 is 17.1 Å². The molecule has 0 aliphatic carbocycles. The number of benzene rings is 2. The number of phenols is 1. The number of hydrogen-bond acceptors (Lipinski definition) is 2. The second-order valence-corrected chi connectivity index (χ2v) is 3.20. The summed E-state index contributed by atoms with van der Waals surface area (Å²) in [4.78, 5) is 10.9. The van der Waals surface area contributed by atoms with E-state index < -0.39 is 0 Å². The smallest absolute Gasteiger partial charge is 0.150 e. The largest absolute Gasteiger partial charge is 0.508 e. The van der Waals surface area contributed by atoms with E-state index >= 15 is 0 Å². The van der Waals surface area contributed by atoms with Gasteiger partial charge in [-0.2, -0.15) is 0 Å². The van der Waals surface area contributed by atoms with Gasteiger partial charge in [0.2, 0.25) is 0 Å². The Balaban J connectivity index is 2.98. The molecular formula is C13H8O2. The zero-order valence-electron chi connectivity index (χ0n) is 7.90. The molecule has 0 atom stereocenters. The van der Waals surface area contributed by atoms with Crippen LogP contribution in [0.25, 0.3) is 10.8 Å². The number of hydrogen-bond donors (Lipinski definition) is 1. The maximum atomic E-state index is 10.9. The van der Waals surface area contributed by atoms with Gasteiger partial charge in [-0.25, -0.2) is 0 Å². The third kappa shape index (κ3) is 1.44. The molecule has 0 aliphatic heterocycles. The van der Waals surface area contributed by atoms with Crippen molar-refractivity contribution in [3.05, 3.63) is 41.5 Å². The van der Waals surface area contributed by atoms with Gasteiger partial charge in [-0.05, 0) is 23.6 Å². The fourth-order valence-corrected chi connectivity index (χ4v) is 1.66. The molecule has 0 unspecified atom stereocenters. The van der Waals surface area contributed by atoms with Crippen molar-refractivity contribution in [2.45, 2.75) is 0 Å². The SMILES string of the molecule is C#Cc1cccc2cc(O)cc(C=O)c12. The Bertz CT molecular complexity index is 577. The molecule has 0 saturated carbocycles. The summed E-state index contributed by atoms with van der Waals surface area (Å²) in [5.41, 5.74) is 1.08. The van der Waals surface area contributed by atoms with Crippen molar-refractivity contribution in [3.63, 3.8) is 0 Å². The highest BCUT2D eigenvalue weighted by atomic mass is 16.3. The Morgan fingerprint density at radius 2 is 2.13 bits per heavy atom. The van der Waals surface area contributed by atoms with Crippen LogP contribution in [0.1, 0.15) is 15.9 Å². The first kappa shape index (κ1) is 9.29. The van der Waals surface area contributed by atoms with Crippen molar-refractivity contribution in [3.8, 4) is 18.1 Å². The standard InChI is InChI=1S/C13H8O2/c1-2-9-4-3-5-10-6-12(15)7-11(8-14)13(9)10/h1,3-8,15H. The van der Waals surface area contributed by atoms with Gasteiger partial charge in [-0.3, -0.25) is 4.79 Å². The number of terminal acetylenes is 1. The van der Waals surface area contributed by atoms with Gasteiger partial charge in [0.15, 0.2) is 6.29 Å². The molecule has 0 radical (unpaired) electrons. The van der Waals surface area contributed by atoms with Crippen LogP contribution in [-0.4, -0.2) is 11.4 Å². The third-order valence-corrected chi connectivity index (χ3v) is 2.27. The average molecular weight is 196 g/mol. The van der Waals surface area contributed by atoms with Gasteiger partial charge in [-0.1, -0.05) is 18.1 Å². The van der Waals surface area contributed by atoms with E-state index in [1.165, 1.54) is 6.07 Å². The lowest BCUT2D eigenvalue weighted by molar-refractivity contribution is 0.112. The number of carbonyl (C=O) groups excluding carboxylic acids is 1. The highest BCUT2D eigenvalue weighted by Crippen LogP contribution is 2.26. The second kappa shape index (κ2) is 3.47. The number of phenolic OH excluding ortho intramolecular Hbond substituents is 1. The number of rotatable bonds is 1. The molecule has 1 N–H and O–H groups in total. The number of fused-ring (bicyclic) bond motifs is 1. The predicted molar refractivity (Wildman–Crippen MR) is 58.9 cm³/mol. The molecule has 2 aromatic rings. The lowest BCUT2D eigenvalue weighted by Crippen LogP contribution is -1.87. The Hall–Kier alpha value is -2.27. The molecule has 0 amide bonds. The van der Waals surface area contributed by atoms with E-state index in [9.17, 15) is 9.90 Å². The molecule has 0 aromatic heterocycles. The van der Waals surface area contributed by atoms with Crippen LogP contribution in [-0.2, 0) is 0 Å². The molecular weight excluding hydrogens is 188 g/mol. The van der Waals surface area contributed by atoms with Crippen LogP contribution in [0.3, 0.4) is 0 Å². The molecule has 0 bridgehead atoms. The minimum Gasteiger partial charge on any atom is -0.508 e. The minimum absolute atomic E-state index is 0.0683. The molecule has 0 saturated heterocycles. The molecule has 0 aliphatic rings. The zero-order chi connectivity index (χ0) is 10.8. The number of carbonyl (C=O) groups is 1. The molecule has 0 spiro atoms. The second-order valence-electron chi connectivity index (χ2n) is 3.20. The highest BCUT2D eigenvalue weighted by Gasteiger charge is 2.06. The van der Waals surface area contributed by atoms with E-state index in [4.69, 9.17) is 6.42 Å². The van der Waals surface area contributed by atoms with E-state index in [2.05, 4.69) is 5.92 Å². The van der Waals surface area contributed by atoms with Crippen LogP contribution in [0.15, 0.2) is 30.3 Å². The minimum atomic E-state index is 0.0683. The molecule has 0 heterocycles. The van der Waals surface area contributed by atoms with Gasteiger partial charge in [0.25, 0.3) is 0 Å². The topological polar surface area (TPSA) is 37.3 Å². The van der Waals surface area contributed by atoms with E-state index in [1.54, 1.807) is 18.2 Å². The normalized spacial score (nSPS) is 9.80. The van der Waals surface area contributed by atoms with Crippen molar-refractivity contribution in [2.75, 3.05) is 0 Å². The first-order chi connectivity index (χ1) is 7.26. The van der Waals surface area contributed by atoms with Crippen molar-refractivity contribution in [1.29, 1.82) is 0 Å². The molecule has 0 fully saturated rings. The summed E-state index contributed by atoms with van der Waals surface area (Å²) in [7, 11) is 0. The molecule has 2 aromatic carbocycles. The summed E-state index contributed by atoms with van der Waals surface area (Å²) in [6.07, 6.45) is 6.05. The quantitative estimate of drug-likeness (QED) is 0.561. The summed E-state index contributed by atoms with van der Waals surface area (Å²) in [5.74, 6) is 2.59. The van der Waals surface area contributed by atoms with Crippen LogP contribution < -0.4 is 0 Å². The monoisotopic (exact) mass is 196 g/mol. The summed E-state index contributed by atoms with van der Waals surface area (Å²) in [6, 6.07) is 8.38. The first-order valence-corrected chi connectivity index (χ1v) is 4.44. The summed E-state index contributed by atoms with van der Waals surface area (Å²) in [6.45, 7) is 0. The fraction of sp³-hybridized carbons (Fsp3) is 0. The van der Waals surface area contributed by atoms with Crippen LogP contribution in [0, 0.1) is 12.3 Å². The predicted octanol–water partition coefficient (Wildman–Crippen LogP) is 2.34. The first-order valence-electron chi connectivity index (χ1n) is 4.44. The zero-order valence-corrected chi connectivity index (χ0v) is 7.90. The van der Waals surface area contributed by atoms with Gasteiger partial charge in [0.1, 0.15) is 5.75 Å². The lowest BCUT2D eigenvalue weighted by atomic mass is 10.00. The lowest BCUT2D eigenvalue weighted by Gasteiger charge is -2.04. The van der Waals surface area contributed by atoms with Crippen molar-refractivity contribution in [2.24, 2.45) is 0 Å². The number of aldehydes is 1. The van der Waals surface area contributed by atoms with E-state index in [-0.39, 0.29) is 5.75 Å². The summed E-state index contributed by atoms with van der Waals surface area (Å²) < 4.78 is 0. The van der Waals surface area contributed by atoms with Gasteiger partial charge >= 0.3 is 0 Å². The molecule has 72 valence electrons. The van der Waals surface area contributed by atoms with Gasteiger partial charge in [0, 0.05) is 16.5 Å². The number of aromatic hydroxyl groups is 1. The molecule has 2 rings (SSSR count). The van der Waals surface area contributed by atoms with Crippen LogP contribution in [0.5, 0.6) is 5.75 Å². The third-order valence-electron chi connectivity index (χ3n) is 2.27. The van der Waals surface area contributed by atoms with Crippen LogP contribution in [0.2, 0.25) is 0 Å². The van der Waals surface area contributed by atoms with Crippen LogP contribution >= 0.6 is 0 Å². The van der Waals surface area contributed by atoms with Crippen molar-refractivity contribution < 1.29 is 9.90 Å². The van der Waals surface area contributed by atoms with Crippen LogP contribution in [0.4, 0.5) is 0 Å². The highest BCUT2D eigenvalue weighted by molar-refractivity contribution is 6.02. The Kier molecular flexibility index (Phi) is 2.15. The van der Waals surface area contributed by atoms with E-state index in [0.29, 0.717) is 22.8 Å². The molecule has 15 heavy (non-hydrogen) atoms. The summed E-state index contributed by atoms with van der Waals surface area (Å²) >= 11 is 0. The van der Waals surface area contributed by atoms with E-state index in [1.807, 2.05) is 6.07 Å². The Morgan fingerprint density at radius 3 is 2.80 bits per heavy atom. The Labute approximate surface area is 87.2 Å². The van der Waals surface area contributed by atoms with Gasteiger partial charge in [-0.15, -0.1) is 6.42 Å². The summed E-state index contributed by atoms with van der Waals surface area (Å²) in [5, 5.41) is 10.9.